The summed E-state index contributed by atoms with van der Waals surface area (Å²) in [6.07, 6.45) is 7.16. The van der Waals surface area contributed by atoms with Crippen LogP contribution in [0.1, 0.15) is 31.0 Å². The first-order valence-electron chi connectivity index (χ1n) is 12.4. The molecule has 0 saturated carbocycles. The molecule has 6 rings (SSSR count). The van der Waals surface area contributed by atoms with Crippen LogP contribution in [0.15, 0.2) is 30.7 Å². The van der Waals surface area contributed by atoms with Gasteiger partial charge < -0.3 is 10.1 Å². The zero-order valence-corrected chi connectivity index (χ0v) is 22.2. The van der Waals surface area contributed by atoms with E-state index in [1.165, 1.54) is 25.1 Å². The zero-order valence-electron chi connectivity index (χ0n) is 20.6. The molecule has 1 saturated heterocycles. The molecule has 37 heavy (non-hydrogen) atoms. The highest BCUT2D eigenvalue weighted by Crippen LogP contribution is 2.45. The lowest BCUT2D eigenvalue weighted by molar-refractivity contribution is -0.868. The second-order valence-corrected chi connectivity index (χ2v) is 11.2. The average molecular weight is 542 g/mol. The van der Waals surface area contributed by atoms with Crippen molar-refractivity contribution in [1.82, 2.24) is 19.7 Å². The van der Waals surface area contributed by atoms with Gasteiger partial charge in [-0.3, -0.25) is 4.68 Å². The van der Waals surface area contributed by atoms with E-state index in [4.69, 9.17) is 21.4 Å². The van der Waals surface area contributed by atoms with Gasteiger partial charge in [0.2, 0.25) is 0 Å². The fraction of sp³-hybridized carbons (Fsp3) is 0.385. The number of carbonyl (C=O) groups is 1. The number of amides is 1. The number of ether oxygens (including phenoxy) is 1. The summed E-state index contributed by atoms with van der Waals surface area (Å²) < 4.78 is 21.1. The van der Waals surface area contributed by atoms with E-state index in [-0.39, 0.29) is 17.2 Å². The highest BCUT2D eigenvalue weighted by molar-refractivity contribution is 7.22. The Balaban J connectivity index is 1.31. The summed E-state index contributed by atoms with van der Waals surface area (Å²) in [6.45, 7) is 4.25. The molecule has 4 heterocycles. The first kappa shape index (κ1) is 24.3. The summed E-state index contributed by atoms with van der Waals surface area (Å²) >= 11 is 7.61. The molecule has 1 aliphatic carbocycles. The van der Waals surface area contributed by atoms with Crippen LogP contribution >= 0.6 is 22.9 Å². The Bertz CT molecular complexity index is 1520. The first-order valence-corrected chi connectivity index (χ1v) is 13.6. The maximum absolute atomic E-state index is 13.6. The zero-order chi connectivity index (χ0) is 25.7. The monoisotopic (exact) mass is 541 g/mol. The predicted octanol–water partition coefficient (Wildman–Crippen LogP) is 5.96. The Morgan fingerprint density at radius 2 is 2.22 bits per heavy atom. The number of carbonyl (C=O) groups excluding carboxylic acids is 1. The number of halogens is 2. The van der Waals surface area contributed by atoms with E-state index in [9.17, 15) is 9.18 Å². The van der Waals surface area contributed by atoms with Crippen LogP contribution in [0, 0.1) is 5.82 Å². The van der Waals surface area contributed by atoms with Gasteiger partial charge in [0.1, 0.15) is 29.3 Å². The first-order chi connectivity index (χ1) is 17.9. The summed E-state index contributed by atoms with van der Waals surface area (Å²) in [5.41, 5.74) is 4.02. The number of aryl methyl sites for hydroxylation is 2. The van der Waals surface area contributed by atoms with Crippen molar-refractivity contribution in [2.24, 2.45) is 0 Å². The van der Waals surface area contributed by atoms with Crippen LogP contribution in [-0.4, -0.2) is 56.6 Å². The summed E-state index contributed by atoms with van der Waals surface area (Å²) in [4.78, 5) is 23.8. The molecule has 1 unspecified atom stereocenters. The number of benzene rings is 1. The lowest BCUT2D eigenvalue weighted by Gasteiger charge is -2.33. The van der Waals surface area contributed by atoms with Crippen molar-refractivity contribution in [3.63, 3.8) is 0 Å². The number of aromatic nitrogens is 4. The summed E-state index contributed by atoms with van der Waals surface area (Å²) in [6, 6.07) is 4.77. The summed E-state index contributed by atoms with van der Waals surface area (Å²) in [5, 5.41) is 9.21. The number of nitrogens with one attached hydrogen (secondary N) is 1. The minimum atomic E-state index is -0.462. The van der Waals surface area contributed by atoms with Gasteiger partial charge in [-0.1, -0.05) is 11.6 Å². The van der Waals surface area contributed by atoms with E-state index in [2.05, 4.69) is 28.4 Å². The number of likely N-dealkylation sites (tertiary alicyclic amines) is 1. The molecule has 1 amide bonds. The van der Waals surface area contributed by atoms with Crippen molar-refractivity contribution in [3.8, 4) is 10.4 Å². The highest BCUT2D eigenvalue weighted by Gasteiger charge is 2.47. The van der Waals surface area contributed by atoms with E-state index in [1.807, 2.05) is 4.68 Å². The van der Waals surface area contributed by atoms with Crippen molar-refractivity contribution in [1.29, 1.82) is 0 Å². The van der Waals surface area contributed by atoms with Gasteiger partial charge >= 0.3 is 6.09 Å². The molecule has 4 aromatic rings. The number of nitrogens with zero attached hydrogens (tertiary/aromatic N) is 5. The van der Waals surface area contributed by atoms with E-state index >= 15 is 0 Å². The number of methoxy groups -OCH3 is 1. The Hall–Kier alpha value is -3.08. The second kappa shape index (κ2) is 9.34. The number of hydrogen-bond acceptors (Lipinski definition) is 7. The maximum atomic E-state index is 13.6. The number of quaternary nitrogens is 1. The summed E-state index contributed by atoms with van der Waals surface area (Å²) in [7, 11) is 1.47. The molecule has 1 N–H and O–H groups in total. The fourth-order valence-corrected chi connectivity index (χ4v) is 7.14. The highest BCUT2D eigenvalue weighted by atomic mass is 35.5. The Kier molecular flexibility index (Phi) is 6.13. The van der Waals surface area contributed by atoms with Gasteiger partial charge in [-0.2, -0.15) is 9.89 Å². The van der Waals surface area contributed by atoms with Crippen LogP contribution in [0.5, 0.6) is 0 Å². The molecule has 0 bridgehead atoms. The standard InChI is InChI=1S/C26H27ClFN6O2S/c1-15-4-3-10-34(15,26(35)36-2)11-9-33-13-18-21(32-33)8-6-17-22-24(29-14-30-25(22)37-23(17)18)31-16-5-7-20(28)19(27)12-16/h5,7,12-15H,3-4,6,8-11H2,1-2H3,(H,29,30,31)/q+1/t15-,34?/m1/s1. The number of hydrogen-bond donors (Lipinski definition) is 1. The molecule has 0 radical (unpaired) electrons. The summed E-state index contributed by atoms with van der Waals surface area (Å²) in [5.74, 6) is 0.213. The van der Waals surface area contributed by atoms with Crippen LogP contribution in [0.2, 0.25) is 5.02 Å². The molecule has 1 aromatic carbocycles. The maximum Gasteiger partial charge on any atom is 0.516 e. The van der Waals surface area contributed by atoms with Crippen LogP contribution in [-0.2, 0) is 24.1 Å². The van der Waals surface area contributed by atoms with Gasteiger partial charge in [0.25, 0.3) is 0 Å². The van der Waals surface area contributed by atoms with Gasteiger partial charge in [0.05, 0.1) is 42.3 Å². The number of rotatable bonds is 5. The predicted molar refractivity (Wildman–Crippen MR) is 142 cm³/mol. The molecular weight excluding hydrogens is 515 g/mol. The molecule has 11 heteroatoms. The molecule has 2 aliphatic rings. The van der Waals surface area contributed by atoms with Crippen molar-refractivity contribution in [2.45, 2.75) is 45.2 Å². The van der Waals surface area contributed by atoms with Crippen LogP contribution in [0.25, 0.3) is 20.7 Å². The topological polar surface area (TPSA) is 81.9 Å². The molecule has 1 fully saturated rings. The SMILES string of the molecule is COC(=O)[N+]1(CCn2cc3c(n2)CCc2c-3sc3ncnc(Nc4ccc(F)c(Cl)c4)c23)CCC[C@H]1C. The molecule has 192 valence electrons. The van der Waals surface area contributed by atoms with E-state index in [1.54, 1.807) is 23.5 Å². The van der Waals surface area contributed by atoms with Crippen LogP contribution in [0.4, 0.5) is 20.7 Å². The lowest BCUT2D eigenvalue weighted by atomic mass is 9.95. The average Bonchev–Trinajstić information content (AvgIpc) is 3.59. The van der Waals surface area contributed by atoms with E-state index < -0.39 is 5.82 Å². The smallest absolute Gasteiger partial charge is 0.423 e. The van der Waals surface area contributed by atoms with E-state index in [0.29, 0.717) is 29.1 Å². The molecule has 8 nitrogen and oxygen atoms in total. The largest absolute Gasteiger partial charge is 0.516 e. The molecular formula is C26H27ClFN6O2S+. The molecule has 0 spiro atoms. The van der Waals surface area contributed by atoms with Crippen molar-refractivity contribution >= 4 is 50.8 Å². The van der Waals surface area contributed by atoms with Crippen molar-refractivity contribution < 1.29 is 18.4 Å². The van der Waals surface area contributed by atoms with Gasteiger partial charge in [-0.25, -0.2) is 18.8 Å². The number of anilines is 2. The van der Waals surface area contributed by atoms with Gasteiger partial charge in [0.15, 0.2) is 0 Å². The third kappa shape index (κ3) is 4.07. The minimum absolute atomic E-state index is 0.0549. The lowest BCUT2D eigenvalue weighted by Crippen LogP contribution is -2.56. The third-order valence-electron chi connectivity index (χ3n) is 7.75. The molecule has 3 aromatic heterocycles. The quantitative estimate of drug-likeness (QED) is 0.314. The normalized spacial score (nSPS) is 20.6. The molecule has 1 aliphatic heterocycles. The van der Waals surface area contributed by atoms with Crippen molar-refractivity contribution in [3.05, 3.63) is 52.8 Å². The van der Waals surface area contributed by atoms with Gasteiger partial charge in [-0.05, 0) is 43.5 Å². The van der Waals surface area contributed by atoms with Crippen molar-refractivity contribution in [2.75, 3.05) is 25.5 Å². The Labute approximate surface area is 222 Å². The minimum Gasteiger partial charge on any atom is -0.423 e. The number of thiophene rings is 1. The number of fused-ring (bicyclic) bond motifs is 5. The second-order valence-electron chi connectivity index (χ2n) is 9.76. The molecule has 2 atom stereocenters. The Morgan fingerprint density at radius 1 is 1.35 bits per heavy atom. The third-order valence-corrected chi connectivity index (χ3v) is 9.22. The fourth-order valence-electron chi connectivity index (χ4n) is 5.74. The van der Waals surface area contributed by atoms with Crippen LogP contribution < -0.4 is 5.32 Å². The van der Waals surface area contributed by atoms with Gasteiger partial charge in [0, 0.05) is 35.2 Å². The van der Waals surface area contributed by atoms with Crippen LogP contribution in [0.3, 0.4) is 0 Å². The van der Waals surface area contributed by atoms with Gasteiger partial charge in [-0.15, -0.1) is 11.3 Å². The Morgan fingerprint density at radius 3 is 2.97 bits per heavy atom. The van der Waals surface area contributed by atoms with E-state index in [0.717, 1.165) is 58.6 Å².